The molecule has 0 amide bonds. The molecule has 0 radical (unpaired) electrons. The molecule has 2 heterocycles. The quantitative estimate of drug-likeness (QED) is 0.888. The Hall–Kier alpha value is -0.920. The van der Waals surface area contributed by atoms with Gasteiger partial charge in [-0.15, -0.1) is 0 Å². The zero-order valence-corrected chi connectivity index (χ0v) is 11.5. The third-order valence-corrected chi connectivity index (χ3v) is 4.84. The molecule has 102 valence electrons. The molecule has 1 aliphatic rings. The van der Waals surface area contributed by atoms with Gasteiger partial charge in [0.15, 0.2) is 5.03 Å². The first-order valence-electron chi connectivity index (χ1n) is 6.17. The first-order valence-corrected chi connectivity index (χ1v) is 7.61. The van der Waals surface area contributed by atoms with E-state index >= 15 is 0 Å². The Morgan fingerprint density at radius 1 is 1.61 bits per heavy atom. The zero-order chi connectivity index (χ0) is 13.2. The molecular weight excluding hydrogens is 254 g/mol. The normalized spacial score (nSPS) is 22.9. The number of nitrogens with zero attached hydrogens (tertiary/aromatic N) is 2. The highest BCUT2D eigenvalue weighted by Crippen LogP contribution is 2.18. The minimum absolute atomic E-state index is 0.0220. The molecule has 1 aliphatic heterocycles. The number of aryl methyl sites for hydroxylation is 1. The highest BCUT2D eigenvalue weighted by molar-refractivity contribution is 7.89. The fourth-order valence-corrected chi connectivity index (χ4v) is 3.47. The Bertz CT molecular complexity index is 497. The largest absolute Gasteiger partial charge is 0.377 e. The van der Waals surface area contributed by atoms with Crippen molar-refractivity contribution in [2.75, 3.05) is 19.7 Å². The molecule has 1 aromatic heterocycles. The molecule has 1 atom stereocenters. The molecule has 1 aromatic rings. The number of rotatable bonds is 3. The minimum Gasteiger partial charge on any atom is -0.377 e. The Balaban J connectivity index is 2.23. The number of nitrogens with one attached hydrogen (secondary N) is 1. The monoisotopic (exact) mass is 273 g/mol. The van der Waals surface area contributed by atoms with Crippen LogP contribution in [0, 0.1) is 6.92 Å². The van der Waals surface area contributed by atoms with Crippen molar-refractivity contribution in [3.05, 3.63) is 12.0 Å². The predicted molar refractivity (Wildman–Crippen MR) is 66.7 cm³/mol. The summed E-state index contributed by atoms with van der Waals surface area (Å²) in [6.45, 7) is 5.26. The molecule has 2 rings (SSSR count). The molecular formula is C11H19N3O3S. The van der Waals surface area contributed by atoms with Crippen molar-refractivity contribution in [1.29, 1.82) is 0 Å². The van der Waals surface area contributed by atoms with Gasteiger partial charge in [0.25, 0.3) is 10.0 Å². The second kappa shape index (κ2) is 5.38. The zero-order valence-electron chi connectivity index (χ0n) is 10.7. The first-order chi connectivity index (χ1) is 8.54. The van der Waals surface area contributed by atoms with Gasteiger partial charge >= 0.3 is 0 Å². The first kappa shape index (κ1) is 13.5. The Kier molecular flexibility index (Phi) is 4.04. The lowest BCUT2D eigenvalue weighted by atomic mass is 10.3. The predicted octanol–water partition coefficient (Wildman–Crippen LogP) is 0.908. The van der Waals surface area contributed by atoms with Gasteiger partial charge in [-0.25, -0.2) is 13.4 Å². The van der Waals surface area contributed by atoms with Crippen molar-refractivity contribution in [3.8, 4) is 0 Å². The topological polar surface area (TPSA) is 75.3 Å². The third kappa shape index (κ3) is 2.73. The van der Waals surface area contributed by atoms with E-state index < -0.39 is 10.0 Å². The van der Waals surface area contributed by atoms with Crippen LogP contribution in [0.4, 0.5) is 0 Å². The molecule has 18 heavy (non-hydrogen) atoms. The average molecular weight is 273 g/mol. The summed E-state index contributed by atoms with van der Waals surface area (Å²) in [6.07, 6.45) is 2.89. The number of H-pyrrole nitrogens is 1. The van der Waals surface area contributed by atoms with E-state index in [9.17, 15) is 8.42 Å². The van der Waals surface area contributed by atoms with E-state index in [2.05, 4.69) is 9.97 Å². The van der Waals surface area contributed by atoms with Gasteiger partial charge in [0.1, 0.15) is 5.82 Å². The van der Waals surface area contributed by atoms with Gasteiger partial charge in [-0.3, -0.25) is 0 Å². The molecule has 0 aromatic carbocycles. The van der Waals surface area contributed by atoms with Gasteiger partial charge < -0.3 is 9.72 Å². The van der Waals surface area contributed by atoms with Crippen LogP contribution < -0.4 is 0 Å². The Labute approximate surface area is 107 Å². The summed E-state index contributed by atoms with van der Waals surface area (Å²) in [4.78, 5) is 6.73. The summed E-state index contributed by atoms with van der Waals surface area (Å²) in [6, 6.07) is 0. The highest BCUT2D eigenvalue weighted by atomic mass is 32.2. The summed E-state index contributed by atoms with van der Waals surface area (Å²) in [7, 11) is -3.47. The summed E-state index contributed by atoms with van der Waals surface area (Å²) in [5.74, 6) is 0.603. The van der Waals surface area contributed by atoms with E-state index in [1.54, 1.807) is 6.92 Å². The highest BCUT2D eigenvalue weighted by Gasteiger charge is 2.29. The second-order valence-corrected chi connectivity index (χ2v) is 6.36. The lowest BCUT2D eigenvalue weighted by Gasteiger charge is -2.21. The smallest absolute Gasteiger partial charge is 0.260 e. The fraction of sp³-hybridized carbons (Fsp3) is 0.727. The summed E-state index contributed by atoms with van der Waals surface area (Å²) in [5.41, 5.74) is 0. The second-order valence-electron chi connectivity index (χ2n) is 4.45. The van der Waals surface area contributed by atoms with Gasteiger partial charge in [0.2, 0.25) is 0 Å². The number of hydrogen-bond donors (Lipinski definition) is 1. The van der Waals surface area contributed by atoms with Crippen LogP contribution in [0.1, 0.15) is 25.6 Å². The maximum atomic E-state index is 12.4. The van der Waals surface area contributed by atoms with E-state index in [1.165, 1.54) is 10.5 Å². The van der Waals surface area contributed by atoms with Crippen LogP contribution >= 0.6 is 0 Å². The lowest BCUT2D eigenvalue weighted by Crippen LogP contribution is -2.36. The molecule has 0 aliphatic carbocycles. The maximum Gasteiger partial charge on any atom is 0.260 e. The van der Waals surface area contributed by atoms with E-state index in [1.807, 2.05) is 6.92 Å². The molecule has 7 heteroatoms. The standard InChI is InChI=1S/C11H19N3O3S/c1-3-10-8-14(5-4-6-17-10)18(15,16)11-7-12-9(2)13-11/h7,10H,3-6,8H2,1-2H3,(H,12,13). The van der Waals surface area contributed by atoms with Crippen molar-refractivity contribution in [3.63, 3.8) is 0 Å². The molecule has 0 saturated carbocycles. The Morgan fingerprint density at radius 3 is 3.00 bits per heavy atom. The summed E-state index contributed by atoms with van der Waals surface area (Å²) >= 11 is 0. The number of sulfonamides is 1. The van der Waals surface area contributed by atoms with Gasteiger partial charge in [0, 0.05) is 19.7 Å². The molecule has 6 nitrogen and oxygen atoms in total. The number of hydrogen-bond acceptors (Lipinski definition) is 4. The maximum absolute atomic E-state index is 12.4. The van der Waals surface area contributed by atoms with E-state index in [4.69, 9.17) is 4.74 Å². The van der Waals surface area contributed by atoms with Gasteiger partial charge in [-0.05, 0) is 19.8 Å². The molecule has 1 fully saturated rings. The number of ether oxygens (including phenoxy) is 1. The Morgan fingerprint density at radius 2 is 2.39 bits per heavy atom. The van der Waals surface area contributed by atoms with Crippen LogP contribution in [-0.4, -0.2) is 48.5 Å². The van der Waals surface area contributed by atoms with Crippen LogP contribution in [-0.2, 0) is 14.8 Å². The van der Waals surface area contributed by atoms with Crippen LogP contribution in [0.15, 0.2) is 11.2 Å². The van der Waals surface area contributed by atoms with Crippen molar-refractivity contribution in [1.82, 2.24) is 14.3 Å². The van der Waals surface area contributed by atoms with Crippen LogP contribution in [0.2, 0.25) is 0 Å². The van der Waals surface area contributed by atoms with E-state index in [0.29, 0.717) is 25.5 Å². The van der Waals surface area contributed by atoms with Gasteiger partial charge in [-0.1, -0.05) is 6.92 Å². The van der Waals surface area contributed by atoms with Gasteiger partial charge in [-0.2, -0.15) is 4.31 Å². The fourth-order valence-electron chi connectivity index (χ4n) is 2.00. The van der Waals surface area contributed by atoms with Crippen LogP contribution in [0.3, 0.4) is 0 Å². The number of aromatic amines is 1. The molecule has 1 saturated heterocycles. The molecule has 1 N–H and O–H groups in total. The molecule has 1 unspecified atom stereocenters. The van der Waals surface area contributed by atoms with Crippen LogP contribution in [0.5, 0.6) is 0 Å². The number of aromatic nitrogens is 2. The van der Waals surface area contributed by atoms with Crippen molar-refractivity contribution in [2.24, 2.45) is 0 Å². The number of imidazole rings is 1. The minimum atomic E-state index is -3.47. The summed E-state index contributed by atoms with van der Waals surface area (Å²) < 4.78 is 31.9. The lowest BCUT2D eigenvalue weighted by molar-refractivity contribution is 0.0592. The van der Waals surface area contributed by atoms with Crippen molar-refractivity contribution >= 4 is 10.0 Å². The molecule has 0 spiro atoms. The molecule has 0 bridgehead atoms. The summed E-state index contributed by atoms with van der Waals surface area (Å²) in [5, 5.41) is 0.164. The van der Waals surface area contributed by atoms with Crippen molar-refractivity contribution in [2.45, 2.75) is 37.8 Å². The van der Waals surface area contributed by atoms with E-state index in [0.717, 1.165) is 12.8 Å². The van der Waals surface area contributed by atoms with Crippen LogP contribution in [0.25, 0.3) is 0 Å². The van der Waals surface area contributed by atoms with Gasteiger partial charge in [0.05, 0.1) is 12.3 Å². The third-order valence-electron chi connectivity index (χ3n) is 3.07. The average Bonchev–Trinajstić information content (AvgIpc) is 2.65. The van der Waals surface area contributed by atoms with E-state index in [-0.39, 0.29) is 11.1 Å². The SMILES string of the molecule is CCC1CN(S(=O)(=O)c2cnc(C)[nH]2)CCCO1. The van der Waals surface area contributed by atoms with Crippen molar-refractivity contribution < 1.29 is 13.2 Å².